The molecule has 5 aliphatic rings. The van der Waals surface area contributed by atoms with Crippen LogP contribution in [0.25, 0.3) is 0 Å². The van der Waals surface area contributed by atoms with Crippen LogP contribution in [0.4, 0.5) is 0 Å². The molecule has 39 heavy (non-hydrogen) atoms. The van der Waals surface area contributed by atoms with E-state index in [1.54, 1.807) is 0 Å². The molecule has 0 amide bonds. The fraction of sp³-hybridized carbons (Fsp3) is 0.897. The molecule has 5 rings (SSSR count). The maximum atomic E-state index is 13.2. The van der Waals surface area contributed by atoms with Crippen LogP contribution < -0.4 is 0 Å². The lowest BCUT2D eigenvalue weighted by atomic mass is 9.41. The highest BCUT2D eigenvalue weighted by Crippen LogP contribution is 2.70. The Morgan fingerprint density at radius 1 is 1.10 bits per heavy atom. The first-order valence-electron chi connectivity index (χ1n) is 14.5. The van der Waals surface area contributed by atoms with Crippen molar-refractivity contribution in [2.45, 2.75) is 110 Å². The van der Waals surface area contributed by atoms with Crippen molar-refractivity contribution >= 4 is 17.9 Å². The quantitative estimate of drug-likeness (QED) is 0.286. The van der Waals surface area contributed by atoms with Gasteiger partial charge in [-0.15, -0.1) is 0 Å². The second-order valence-corrected chi connectivity index (χ2v) is 12.8. The molecule has 2 aliphatic carbocycles. The molecule has 5 fully saturated rings. The van der Waals surface area contributed by atoms with E-state index < -0.39 is 52.6 Å². The lowest BCUT2D eigenvalue weighted by Crippen LogP contribution is -2.75. The molecule has 0 unspecified atom stereocenters. The molecule has 1 N–H and O–H groups in total. The van der Waals surface area contributed by atoms with Crippen LogP contribution in [0, 0.1) is 34.5 Å². The van der Waals surface area contributed by atoms with Gasteiger partial charge >= 0.3 is 17.9 Å². The Morgan fingerprint density at radius 2 is 1.82 bits per heavy atom. The minimum atomic E-state index is -1.16. The summed E-state index contributed by atoms with van der Waals surface area (Å²) in [6.07, 6.45) is -0.0662. The molecule has 0 aromatic heterocycles. The lowest BCUT2D eigenvalue weighted by Gasteiger charge is -2.66. The minimum absolute atomic E-state index is 0.0306. The van der Waals surface area contributed by atoms with E-state index in [0.717, 1.165) is 12.8 Å². The fourth-order valence-electron chi connectivity index (χ4n) is 8.34. The number of hydrogen-bond donors (Lipinski definition) is 1. The first kappa shape index (κ1) is 28.8. The molecule has 0 radical (unpaired) electrons. The maximum absolute atomic E-state index is 13.2. The second kappa shape index (κ2) is 10.3. The Balaban J connectivity index is 1.67. The lowest BCUT2D eigenvalue weighted by molar-refractivity contribution is -0.293. The van der Waals surface area contributed by atoms with Gasteiger partial charge in [0.2, 0.25) is 0 Å². The molecular formula is C29H44O10. The summed E-state index contributed by atoms with van der Waals surface area (Å²) in [5.74, 6) is -1.90. The van der Waals surface area contributed by atoms with Crippen LogP contribution in [-0.2, 0) is 42.8 Å². The number of ether oxygens (including phenoxy) is 6. The normalized spacial score (nSPS) is 47.2. The summed E-state index contributed by atoms with van der Waals surface area (Å²) in [5, 5.41) is 11.6. The smallest absolute Gasteiger partial charge is 0.308 e. The number of fused-ring (bicyclic) bond motifs is 3. The number of epoxide rings is 1. The summed E-state index contributed by atoms with van der Waals surface area (Å²) in [5.41, 5.74) is -2.88. The summed E-state index contributed by atoms with van der Waals surface area (Å²) in [6.45, 7) is 11.4. The van der Waals surface area contributed by atoms with Gasteiger partial charge < -0.3 is 33.5 Å². The summed E-state index contributed by atoms with van der Waals surface area (Å²) < 4.78 is 36.6. The molecule has 0 bridgehead atoms. The number of esters is 3. The number of rotatable bonds is 7. The van der Waals surface area contributed by atoms with Crippen LogP contribution in [0.5, 0.6) is 0 Å². The first-order chi connectivity index (χ1) is 18.4. The Bertz CT molecular complexity index is 967. The van der Waals surface area contributed by atoms with E-state index in [1.165, 1.54) is 13.8 Å². The predicted molar refractivity (Wildman–Crippen MR) is 136 cm³/mol. The molecule has 1 spiro atoms. The van der Waals surface area contributed by atoms with Crippen LogP contribution in [0.3, 0.4) is 0 Å². The van der Waals surface area contributed by atoms with Gasteiger partial charge in [-0.05, 0) is 31.6 Å². The van der Waals surface area contributed by atoms with Crippen molar-refractivity contribution in [1.82, 2.24) is 0 Å². The zero-order valence-electron chi connectivity index (χ0n) is 24.0. The van der Waals surface area contributed by atoms with Crippen LogP contribution in [0.15, 0.2) is 0 Å². The highest BCUT2D eigenvalue weighted by Gasteiger charge is 2.81. The van der Waals surface area contributed by atoms with Crippen LogP contribution in [0.2, 0.25) is 0 Å². The molecule has 2 saturated carbocycles. The average molecular weight is 553 g/mol. The van der Waals surface area contributed by atoms with Crippen molar-refractivity contribution in [3.63, 3.8) is 0 Å². The van der Waals surface area contributed by atoms with Gasteiger partial charge in [0.1, 0.15) is 24.4 Å². The molecule has 0 aromatic carbocycles. The van der Waals surface area contributed by atoms with Crippen molar-refractivity contribution in [2.75, 3.05) is 19.8 Å². The number of carbonyl (C=O) groups is 3. The maximum Gasteiger partial charge on any atom is 0.308 e. The van der Waals surface area contributed by atoms with E-state index in [2.05, 4.69) is 13.8 Å². The van der Waals surface area contributed by atoms with Gasteiger partial charge in [-0.25, -0.2) is 0 Å². The van der Waals surface area contributed by atoms with Crippen molar-refractivity contribution in [1.29, 1.82) is 0 Å². The average Bonchev–Trinajstić information content (AvgIpc) is 3.38. The Hall–Kier alpha value is -1.75. The van der Waals surface area contributed by atoms with E-state index in [-0.39, 0.29) is 55.8 Å². The summed E-state index contributed by atoms with van der Waals surface area (Å²) in [4.78, 5) is 38.0. The standard InChI is InChI=1S/C29H44O10/c1-7-15(2)25(33)38-20-12-21(32)29(14-36-29)28(13-35-17(4)30)23(37-18(5)31)10-16(3)27(6,24(20)28)22-11-19-8-9-34-26(19)39-22/h15-16,19-24,26,32H,7-14H2,1-6H3/t15-,16-,19-,20-,21+,22+,23+,24-,26+,27-,28-,29-/m1/s1. The third kappa shape index (κ3) is 4.41. The predicted octanol–water partition coefficient (Wildman–Crippen LogP) is 2.77. The Kier molecular flexibility index (Phi) is 7.57. The van der Waals surface area contributed by atoms with E-state index in [4.69, 9.17) is 28.4 Å². The molecule has 3 aliphatic heterocycles. The third-order valence-corrected chi connectivity index (χ3v) is 10.8. The second-order valence-electron chi connectivity index (χ2n) is 12.8. The molecule has 3 saturated heterocycles. The number of hydrogen-bond acceptors (Lipinski definition) is 10. The molecule has 220 valence electrons. The largest absolute Gasteiger partial charge is 0.465 e. The van der Waals surface area contributed by atoms with Crippen molar-refractivity contribution in [2.24, 2.45) is 34.5 Å². The molecule has 10 heteroatoms. The van der Waals surface area contributed by atoms with Crippen LogP contribution >= 0.6 is 0 Å². The van der Waals surface area contributed by atoms with Gasteiger partial charge in [-0.2, -0.15) is 0 Å². The van der Waals surface area contributed by atoms with E-state index in [0.29, 0.717) is 19.4 Å². The molecule has 10 nitrogen and oxygen atoms in total. The number of aliphatic hydroxyl groups excluding tert-OH is 1. The van der Waals surface area contributed by atoms with E-state index in [9.17, 15) is 19.5 Å². The minimum Gasteiger partial charge on any atom is -0.465 e. The molecular weight excluding hydrogens is 508 g/mol. The zero-order valence-corrected chi connectivity index (χ0v) is 24.0. The van der Waals surface area contributed by atoms with Gasteiger partial charge in [-0.1, -0.05) is 27.7 Å². The van der Waals surface area contributed by atoms with E-state index >= 15 is 0 Å². The molecule has 3 heterocycles. The van der Waals surface area contributed by atoms with Crippen molar-refractivity contribution in [3.8, 4) is 0 Å². The third-order valence-electron chi connectivity index (χ3n) is 10.8. The SMILES string of the molecule is CC[C@@H](C)C(=O)O[C@@H]1C[C@H](O)[C@]2(CO2)[C@]2(COC(C)=O)[C@@H](OC(C)=O)C[C@@H](C)[C@](C)([C@@H]3C[C@H]4CCO[C@H]4O3)[C@@H]12. The summed E-state index contributed by atoms with van der Waals surface area (Å²) in [6, 6.07) is 0. The zero-order chi connectivity index (χ0) is 28.3. The van der Waals surface area contributed by atoms with Gasteiger partial charge in [0.15, 0.2) is 6.29 Å². The van der Waals surface area contributed by atoms with Gasteiger partial charge in [-0.3, -0.25) is 14.4 Å². The highest BCUT2D eigenvalue weighted by molar-refractivity contribution is 5.72. The highest BCUT2D eigenvalue weighted by atomic mass is 16.7. The summed E-state index contributed by atoms with van der Waals surface area (Å²) >= 11 is 0. The Labute approximate surface area is 230 Å². The van der Waals surface area contributed by atoms with Crippen molar-refractivity contribution in [3.05, 3.63) is 0 Å². The van der Waals surface area contributed by atoms with Crippen molar-refractivity contribution < 1.29 is 47.9 Å². The van der Waals surface area contributed by atoms with Gasteiger partial charge in [0.05, 0.1) is 36.8 Å². The number of aliphatic hydroxyl groups is 1. The van der Waals surface area contributed by atoms with E-state index in [1.807, 2.05) is 13.8 Å². The van der Waals surface area contributed by atoms with Gasteiger partial charge in [0.25, 0.3) is 0 Å². The molecule has 12 atom stereocenters. The Morgan fingerprint density at radius 3 is 2.41 bits per heavy atom. The summed E-state index contributed by atoms with van der Waals surface area (Å²) in [7, 11) is 0. The van der Waals surface area contributed by atoms with Crippen LogP contribution in [-0.4, -0.2) is 79.1 Å². The monoisotopic (exact) mass is 552 g/mol. The molecule has 0 aromatic rings. The fourth-order valence-corrected chi connectivity index (χ4v) is 8.34. The topological polar surface area (TPSA) is 130 Å². The van der Waals surface area contributed by atoms with Crippen LogP contribution in [0.1, 0.15) is 73.6 Å². The first-order valence-corrected chi connectivity index (χ1v) is 14.5. The van der Waals surface area contributed by atoms with Gasteiger partial charge in [0, 0.05) is 37.5 Å². The number of carbonyl (C=O) groups excluding carboxylic acids is 3.